The van der Waals surface area contributed by atoms with Crippen molar-refractivity contribution in [2.75, 3.05) is 12.4 Å². The summed E-state index contributed by atoms with van der Waals surface area (Å²) in [7, 11) is 1.89. The molecule has 0 spiro atoms. The minimum atomic E-state index is 0.00242. The molecule has 1 aromatic rings. The Bertz CT molecular complexity index is 381. The monoisotopic (exact) mass is 255 g/mol. The van der Waals surface area contributed by atoms with Gasteiger partial charge in [0.05, 0.1) is 5.69 Å². The number of carbonyl (C=O) groups is 1. The molecule has 0 radical (unpaired) electrons. The maximum atomic E-state index is 11.7. The summed E-state index contributed by atoms with van der Waals surface area (Å²) in [5, 5.41) is 8.60. The lowest BCUT2D eigenvalue weighted by Crippen LogP contribution is -2.19. The van der Waals surface area contributed by atoms with Crippen LogP contribution in [0.2, 0.25) is 0 Å². The van der Waals surface area contributed by atoms with Crippen LogP contribution in [-0.4, -0.2) is 17.9 Å². The highest BCUT2D eigenvalue weighted by molar-refractivity contribution is 7.13. The summed E-state index contributed by atoms with van der Waals surface area (Å²) in [6.07, 6.45) is 0.503. The molecule has 1 unspecified atom stereocenters. The third-order valence-corrected chi connectivity index (χ3v) is 3.11. The van der Waals surface area contributed by atoms with Crippen LogP contribution < -0.4 is 10.6 Å². The van der Waals surface area contributed by atoms with Gasteiger partial charge in [0.2, 0.25) is 5.91 Å². The molecule has 96 valence electrons. The summed E-state index contributed by atoms with van der Waals surface area (Å²) in [6.45, 7) is 8.17. The van der Waals surface area contributed by atoms with Crippen molar-refractivity contribution in [3.63, 3.8) is 0 Å². The first-order valence-electron chi connectivity index (χ1n) is 5.74. The zero-order chi connectivity index (χ0) is 13.1. The number of rotatable bonds is 4. The molecule has 0 fully saturated rings. The predicted octanol–water partition coefficient (Wildman–Crippen LogP) is 2.80. The highest BCUT2D eigenvalue weighted by Crippen LogP contribution is 2.23. The molecule has 0 aliphatic rings. The Morgan fingerprint density at radius 3 is 2.71 bits per heavy atom. The van der Waals surface area contributed by atoms with Gasteiger partial charge in [-0.15, -0.1) is 11.3 Å². The average Bonchev–Trinajstić information content (AvgIpc) is 2.62. The number of anilines is 1. The molecule has 2 N–H and O–H groups in total. The van der Waals surface area contributed by atoms with Gasteiger partial charge in [0.25, 0.3) is 0 Å². The number of carbonyl (C=O) groups excluding carboxylic acids is 1. The van der Waals surface area contributed by atoms with Crippen LogP contribution in [0, 0.1) is 5.41 Å². The van der Waals surface area contributed by atoms with E-state index in [1.807, 2.05) is 40.1 Å². The van der Waals surface area contributed by atoms with Crippen LogP contribution in [0.4, 0.5) is 5.13 Å². The lowest BCUT2D eigenvalue weighted by atomic mass is 9.92. The summed E-state index contributed by atoms with van der Waals surface area (Å²) in [5.41, 5.74) is 0.964. The molecular weight excluding hydrogens is 234 g/mol. The first-order chi connectivity index (χ1) is 7.81. The van der Waals surface area contributed by atoms with Gasteiger partial charge in [-0.1, -0.05) is 20.8 Å². The Balaban J connectivity index is 2.58. The van der Waals surface area contributed by atoms with Gasteiger partial charge in [-0.3, -0.25) is 4.79 Å². The first kappa shape index (κ1) is 14.1. The molecule has 0 aromatic carbocycles. The number of aromatic nitrogens is 1. The minimum absolute atomic E-state index is 0.00242. The second kappa shape index (κ2) is 5.60. The quantitative estimate of drug-likeness (QED) is 0.870. The van der Waals surface area contributed by atoms with E-state index in [9.17, 15) is 4.79 Å². The highest BCUT2D eigenvalue weighted by Gasteiger charge is 2.17. The van der Waals surface area contributed by atoms with Crippen LogP contribution >= 0.6 is 11.3 Å². The molecule has 17 heavy (non-hydrogen) atoms. The van der Waals surface area contributed by atoms with Gasteiger partial charge in [-0.2, -0.15) is 0 Å². The van der Waals surface area contributed by atoms with Gasteiger partial charge in [0.1, 0.15) is 0 Å². The molecule has 1 atom stereocenters. The van der Waals surface area contributed by atoms with Gasteiger partial charge in [0.15, 0.2) is 5.13 Å². The standard InChI is InChI=1S/C12H21N3OS/c1-8(13-5)9-7-17-11(14-9)15-10(16)6-12(2,3)4/h7-8,13H,6H2,1-5H3,(H,14,15,16). The summed E-state index contributed by atoms with van der Waals surface area (Å²) < 4.78 is 0. The molecule has 1 heterocycles. The molecule has 1 aromatic heterocycles. The lowest BCUT2D eigenvalue weighted by Gasteiger charge is -2.16. The fourth-order valence-electron chi connectivity index (χ4n) is 1.34. The minimum Gasteiger partial charge on any atom is -0.312 e. The summed E-state index contributed by atoms with van der Waals surface area (Å²) >= 11 is 1.46. The second-order valence-corrected chi connectivity index (χ2v) is 6.23. The average molecular weight is 255 g/mol. The summed E-state index contributed by atoms with van der Waals surface area (Å²) in [5.74, 6) is 0.0236. The molecule has 0 bridgehead atoms. The van der Waals surface area contributed by atoms with Crippen LogP contribution in [0.1, 0.15) is 45.9 Å². The molecule has 1 amide bonds. The fourth-order valence-corrected chi connectivity index (χ4v) is 2.16. The Kier molecular flexibility index (Phi) is 4.65. The van der Waals surface area contributed by atoms with Gasteiger partial charge in [-0.25, -0.2) is 4.98 Å². The number of amides is 1. The Hall–Kier alpha value is -0.940. The molecule has 1 rings (SSSR count). The van der Waals surface area contributed by atoms with E-state index in [1.165, 1.54) is 11.3 Å². The van der Waals surface area contributed by atoms with Crippen LogP contribution in [-0.2, 0) is 4.79 Å². The van der Waals surface area contributed by atoms with E-state index in [0.29, 0.717) is 11.6 Å². The van der Waals surface area contributed by atoms with Gasteiger partial charge in [0, 0.05) is 17.8 Å². The zero-order valence-corrected chi connectivity index (χ0v) is 11.9. The predicted molar refractivity (Wildman–Crippen MR) is 72.3 cm³/mol. The number of nitrogens with one attached hydrogen (secondary N) is 2. The van der Waals surface area contributed by atoms with Crippen molar-refractivity contribution in [2.45, 2.75) is 40.2 Å². The van der Waals surface area contributed by atoms with Crippen molar-refractivity contribution in [3.05, 3.63) is 11.1 Å². The van der Waals surface area contributed by atoms with Crippen LogP contribution in [0.25, 0.3) is 0 Å². The van der Waals surface area contributed by atoms with Crippen LogP contribution in [0.15, 0.2) is 5.38 Å². The van der Waals surface area contributed by atoms with E-state index in [1.54, 1.807) is 0 Å². The van der Waals surface area contributed by atoms with E-state index in [0.717, 1.165) is 5.69 Å². The smallest absolute Gasteiger partial charge is 0.226 e. The summed E-state index contributed by atoms with van der Waals surface area (Å²) in [4.78, 5) is 16.1. The van der Waals surface area contributed by atoms with Crippen LogP contribution in [0.5, 0.6) is 0 Å². The maximum Gasteiger partial charge on any atom is 0.226 e. The van der Waals surface area contributed by atoms with Crippen molar-refractivity contribution in [1.29, 1.82) is 0 Å². The number of thiazole rings is 1. The largest absolute Gasteiger partial charge is 0.312 e. The molecule has 0 aliphatic heterocycles. The molecule has 4 nitrogen and oxygen atoms in total. The van der Waals surface area contributed by atoms with Gasteiger partial charge in [-0.05, 0) is 19.4 Å². The number of hydrogen-bond donors (Lipinski definition) is 2. The van der Waals surface area contributed by atoms with E-state index in [2.05, 4.69) is 15.6 Å². The molecule has 0 saturated heterocycles. The molecular formula is C12H21N3OS. The third-order valence-electron chi connectivity index (χ3n) is 2.34. The van der Waals surface area contributed by atoms with Crippen molar-refractivity contribution < 1.29 is 4.79 Å². The Labute approximate surface area is 107 Å². The summed E-state index contributed by atoms with van der Waals surface area (Å²) in [6, 6.07) is 0.208. The van der Waals surface area contributed by atoms with E-state index >= 15 is 0 Å². The lowest BCUT2D eigenvalue weighted by molar-refractivity contribution is -0.117. The topological polar surface area (TPSA) is 54.0 Å². The SMILES string of the molecule is CNC(C)c1csc(NC(=O)CC(C)(C)C)n1. The number of nitrogens with zero attached hydrogens (tertiary/aromatic N) is 1. The maximum absolute atomic E-state index is 11.7. The first-order valence-corrected chi connectivity index (χ1v) is 6.62. The fraction of sp³-hybridized carbons (Fsp3) is 0.667. The highest BCUT2D eigenvalue weighted by atomic mass is 32.1. The molecule has 5 heteroatoms. The van der Waals surface area contributed by atoms with Crippen molar-refractivity contribution in [2.24, 2.45) is 5.41 Å². The molecule has 0 aliphatic carbocycles. The van der Waals surface area contributed by atoms with Crippen molar-refractivity contribution in [3.8, 4) is 0 Å². The molecule has 0 saturated carbocycles. The van der Waals surface area contributed by atoms with Gasteiger partial charge < -0.3 is 10.6 Å². The zero-order valence-electron chi connectivity index (χ0n) is 11.1. The number of hydrogen-bond acceptors (Lipinski definition) is 4. The van der Waals surface area contributed by atoms with E-state index in [4.69, 9.17) is 0 Å². The Morgan fingerprint density at radius 1 is 1.53 bits per heavy atom. The van der Waals surface area contributed by atoms with Crippen molar-refractivity contribution >= 4 is 22.4 Å². The normalized spacial score (nSPS) is 13.5. The second-order valence-electron chi connectivity index (χ2n) is 5.37. The van der Waals surface area contributed by atoms with Crippen molar-refractivity contribution in [1.82, 2.24) is 10.3 Å². The van der Waals surface area contributed by atoms with E-state index in [-0.39, 0.29) is 17.4 Å². The van der Waals surface area contributed by atoms with Gasteiger partial charge >= 0.3 is 0 Å². The Morgan fingerprint density at radius 2 is 2.18 bits per heavy atom. The van der Waals surface area contributed by atoms with E-state index < -0.39 is 0 Å². The van der Waals surface area contributed by atoms with Crippen LogP contribution in [0.3, 0.4) is 0 Å². The third kappa shape index (κ3) is 4.83.